The third-order valence-corrected chi connectivity index (χ3v) is 3.47. The number of hydrogen-bond donors (Lipinski definition) is 2. The van der Waals surface area contributed by atoms with E-state index in [9.17, 15) is 4.79 Å². The zero-order valence-electron chi connectivity index (χ0n) is 12.4. The Balaban J connectivity index is 2.07. The monoisotopic (exact) mass is 315 g/mol. The first-order valence-corrected chi connectivity index (χ1v) is 7.52. The van der Waals surface area contributed by atoms with Crippen molar-refractivity contribution < 1.29 is 4.79 Å². The quantitative estimate of drug-likeness (QED) is 0.635. The number of pyridine rings is 1. The molecule has 2 N–H and O–H groups in total. The van der Waals surface area contributed by atoms with Gasteiger partial charge in [0.25, 0.3) is 5.91 Å². The Kier molecular flexibility index (Phi) is 5.67. The summed E-state index contributed by atoms with van der Waals surface area (Å²) in [5.74, 6) is 0.294. The zero-order chi connectivity index (χ0) is 15.9. The molecule has 0 saturated heterocycles. The van der Waals surface area contributed by atoms with Crippen LogP contribution in [0.25, 0.3) is 0 Å². The molecule has 1 aromatic heterocycles. The normalized spacial score (nSPS) is 10.3. The maximum atomic E-state index is 12.0. The van der Waals surface area contributed by atoms with Crippen LogP contribution in [0.1, 0.15) is 34.0 Å². The van der Waals surface area contributed by atoms with Crippen molar-refractivity contribution in [3.05, 3.63) is 65.0 Å². The van der Waals surface area contributed by atoms with Crippen molar-refractivity contribution in [1.82, 2.24) is 10.3 Å². The predicted molar refractivity (Wildman–Crippen MR) is 88.8 cm³/mol. The van der Waals surface area contributed by atoms with Gasteiger partial charge in [0.15, 0.2) is 0 Å². The lowest BCUT2D eigenvalue weighted by Gasteiger charge is -2.06. The number of alkyl halides is 1. The highest BCUT2D eigenvalue weighted by Crippen LogP contribution is 2.12. The second-order valence-electron chi connectivity index (χ2n) is 5.17. The van der Waals surface area contributed by atoms with Gasteiger partial charge in [0.05, 0.1) is 12.1 Å². The molecule has 0 atom stereocenters. The van der Waals surface area contributed by atoms with Crippen LogP contribution in [0.5, 0.6) is 0 Å². The molecule has 1 amide bonds. The van der Waals surface area contributed by atoms with Gasteiger partial charge in [-0.3, -0.25) is 9.78 Å². The molecule has 0 aliphatic rings. The first-order chi connectivity index (χ1) is 10.6. The zero-order valence-corrected chi connectivity index (χ0v) is 13.2. The van der Waals surface area contributed by atoms with E-state index < -0.39 is 0 Å². The van der Waals surface area contributed by atoms with Gasteiger partial charge in [-0.05, 0) is 36.1 Å². The Hall–Kier alpha value is -2.20. The van der Waals surface area contributed by atoms with Crippen molar-refractivity contribution in [2.75, 3.05) is 6.54 Å². The Labute approximate surface area is 135 Å². The van der Waals surface area contributed by atoms with Crippen LogP contribution in [0.3, 0.4) is 0 Å². The van der Waals surface area contributed by atoms with Crippen LogP contribution in [0.15, 0.2) is 42.7 Å². The van der Waals surface area contributed by atoms with E-state index in [2.05, 4.69) is 10.3 Å². The second kappa shape index (κ2) is 7.71. The maximum absolute atomic E-state index is 12.0. The molecule has 0 unspecified atom stereocenters. The smallest absolute Gasteiger partial charge is 0.253 e. The summed E-state index contributed by atoms with van der Waals surface area (Å²) in [6, 6.07) is 9.89. The van der Waals surface area contributed by atoms with E-state index in [0.717, 1.165) is 16.7 Å². The van der Waals surface area contributed by atoms with Gasteiger partial charge in [-0.15, -0.1) is 11.6 Å². The molecule has 4 nitrogen and oxygen atoms in total. The third kappa shape index (κ3) is 4.67. The molecule has 5 heteroatoms. The number of carbonyl (C=O) groups excluding carboxylic acids is 1. The van der Waals surface area contributed by atoms with Crippen LogP contribution in [-0.4, -0.2) is 23.1 Å². The summed E-state index contributed by atoms with van der Waals surface area (Å²) >= 11 is 5.78. The van der Waals surface area contributed by atoms with Crippen LogP contribution < -0.4 is 5.32 Å². The van der Waals surface area contributed by atoms with Gasteiger partial charge in [-0.2, -0.15) is 0 Å². The highest BCUT2D eigenvalue weighted by atomic mass is 35.5. The fraction of sp³-hybridized carbons (Fsp3) is 0.235. The number of nitrogens with zero attached hydrogens (tertiary/aromatic N) is 1. The largest absolute Gasteiger partial charge is 0.347 e. The first kappa shape index (κ1) is 16.2. The van der Waals surface area contributed by atoms with E-state index in [4.69, 9.17) is 17.0 Å². The number of carbonyl (C=O) groups is 1. The molecule has 2 aromatic rings. The minimum absolute atomic E-state index is 0.210. The summed E-state index contributed by atoms with van der Waals surface area (Å²) in [6.07, 6.45) is 4.00. The minimum Gasteiger partial charge on any atom is -0.347 e. The standard InChI is InChI=1S/C17H18ClN3O/c1-12(19)9-21-17(22)16-7-15(10-20-11-16)6-13-2-4-14(8-18)5-3-13/h2-5,7,10-11,19H,6,8-9H2,1H3,(H,21,22). The average Bonchev–Trinajstić information content (AvgIpc) is 2.53. The molecule has 0 aliphatic heterocycles. The molecule has 22 heavy (non-hydrogen) atoms. The number of halogens is 1. The summed E-state index contributed by atoms with van der Waals surface area (Å²) in [7, 11) is 0. The molecular weight excluding hydrogens is 298 g/mol. The number of aromatic nitrogens is 1. The molecule has 0 spiro atoms. The maximum Gasteiger partial charge on any atom is 0.253 e. The van der Waals surface area contributed by atoms with Gasteiger partial charge in [0.2, 0.25) is 0 Å². The van der Waals surface area contributed by atoms with Gasteiger partial charge in [0, 0.05) is 24.0 Å². The summed E-state index contributed by atoms with van der Waals surface area (Å²) in [5.41, 5.74) is 4.12. The van der Waals surface area contributed by atoms with Crippen LogP contribution >= 0.6 is 11.6 Å². The van der Waals surface area contributed by atoms with E-state index in [1.54, 1.807) is 13.1 Å². The number of rotatable bonds is 6. The Morgan fingerprint density at radius 1 is 1.18 bits per heavy atom. The minimum atomic E-state index is -0.210. The second-order valence-corrected chi connectivity index (χ2v) is 5.44. The summed E-state index contributed by atoms with van der Waals surface area (Å²) in [6.45, 7) is 1.91. The van der Waals surface area contributed by atoms with Crippen molar-refractivity contribution in [2.24, 2.45) is 0 Å². The molecule has 1 heterocycles. The molecular formula is C17H18ClN3O. The van der Waals surface area contributed by atoms with Crippen LogP contribution in [0.4, 0.5) is 0 Å². The number of hydrogen-bond acceptors (Lipinski definition) is 3. The molecule has 0 aliphatic carbocycles. The number of nitrogens with one attached hydrogen (secondary N) is 2. The molecule has 0 radical (unpaired) electrons. The van der Waals surface area contributed by atoms with Gasteiger partial charge in [-0.25, -0.2) is 0 Å². The Morgan fingerprint density at radius 3 is 2.50 bits per heavy atom. The average molecular weight is 316 g/mol. The van der Waals surface area contributed by atoms with Gasteiger partial charge in [0.1, 0.15) is 0 Å². The lowest BCUT2D eigenvalue weighted by Crippen LogP contribution is -2.28. The highest BCUT2D eigenvalue weighted by Gasteiger charge is 2.07. The lowest BCUT2D eigenvalue weighted by molar-refractivity contribution is 0.0958. The fourth-order valence-corrected chi connectivity index (χ4v) is 2.18. The first-order valence-electron chi connectivity index (χ1n) is 6.98. The summed E-state index contributed by atoms with van der Waals surface area (Å²) < 4.78 is 0. The molecule has 1 aromatic carbocycles. The predicted octanol–water partition coefficient (Wildman–Crippen LogP) is 3.18. The summed E-state index contributed by atoms with van der Waals surface area (Å²) in [4.78, 5) is 16.1. The topological polar surface area (TPSA) is 65.8 Å². The van der Waals surface area contributed by atoms with Crippen molar-refractivity contribution in [2.45, 2.75) is 19.2 Å². The number of benzene rings is 1. The van der Waals surface area contributed by atoms with E-state index in [0.29, 0.717) is 23.6 Å². The van der Waals surface area contributed by atoms with E-state index in [1.807, 2.05) is 30.3 Å². The highest BCUT2D eigenvalue weighted by molar-refractivity contribution is 6.17. The van der Waals surface area contributed by atoms with Crippen molar-refractivity contribution in [1.29, 1.82) is 5.41 Å². The van der Waals surface area contributed by atoms with E-state index in [-0.39, 0.29) is 12.5 Å². The molecule has 0 bridgehead atoms. The molecule has 0 saturated carbocycles. The fourth-order valence-electron chi connectivity index (χ4n) is 2.01. The van der Waals surface area contributed by atoms with Crippen molar-refractivity contribution in [3.8, 4) is 0 Å². The third-order valence-electron chi connectivity index (χ3n) is 3.16. The summed E-state index contributed by atoms with van der Waals surface area (Å²) in [5, 5.41) is 10.0. The molecule has 0 fully saturated rings. The number of amides is 1. The Morgan fingerprint density at radius 2 is 1.86 bits per heavy atom. The van der Waals surface area contributed by atoms with Crippen LogP contribution in [0.2, 0.25) is 0 Å². The van der Waals surface area contributed by atoms with Crippen LogP contribution in [0, 0.1) is 5.41 Å². The molecule has 2 rings (SSSR count). The van der Waals surface area contributed by atoms with Crippen LogP contribution in [-0.2, 0) is 12.3 Å². The Bertz CT molecular complexity index is 668. The molecule has 114 valence electrons. The van der Waals surface area contributed by atoms with Gasteiger partial charge in [-0.1, -0.05) is 24.3 Å². The van der Waals surface area contributed by atoms with Gasteiger partial charge >= 0.3 is 0 Å². The lowest BCUT2D eigenvalue weighted by atomic mass is 10.0. The van der Waals surface area contributed by atoms with E-state index >= 15 is 0 Å². The SMILES string of the molecule is CC(=N)CNC(=O)c1cncc(Cc2ccc(CCl)cc2)c1. The van der Waals surface area contributed by atoms with Crippen molar-refractivity contribution >= 4 is 23.2 Å². The van der Waals surface area contributed by atoms with E-state index in [1.165, 1.54) is 6.20 Å². The van der Waals surface area contributed by atoms with Crippen molar-refractivity contribution in [3.63, 3.8) is 0 Å². The van der Waals surface area contributed by atoms with Gasteiger partial charge < -0.3 is 10.7 Å².